The lowest BCUT2D eigenvalue weighted by Crippen LogP contribution is -2.56. The minimum absolute atomic E-state index is 0.0822. The summed E-state index contributed by atoms with van der Waals surface area (Å²) in [5.74, 6) is -3.36. The normalized spacial score (nSPS) is 12.7. The number of aryl methyl sites for hydroxylation is 1. The number of carbonyl (C=O) groups excluding carboxylic acids is 8. The van der Waals surface area contributed by atoms with Gasteiger partial charge in [-0.2, -0.15) is 20.2 Å². The van der Waals surface area contributed by atoms with Gasteiger partial charge in [-0.05, 0) is 107 Å². The molecule has 0 radical (unpaired) electrons. The number of aliphatic carboxylic acids is 1. The van der Waals surface area contributed by atoms with Crippen LogP contribution in [0.4, 0.5) is 3.89 Å². The molecule has 0 fully saturated rings. The van der Waals surface area contributed by atoms with E-state index < -0.39 is 88.4 Å². The number of carboxylic acids is 1. The molecule has 0 heterocycles. The number of carboxylic acid groups (broad SMARTS) is 1. The molecule has 0 aromatic heterocycles. The van der Waals surface area contributed by atoms with Crippen LogP contribution in [0, 0.1) is 24.7 Å². The molecule has 0 saturated heterocycles. The second-order valence-electron chi connectivity index (χ2n) is 19.5. The molecule has 24 nitrogen and oxygen atoms in total. The van der Waals surface area contributed by atoms with Crippen molar-refractivity contribution in [2.24, 2.45) is 39.9 Å². The maximum atomic E-state index is 13.1. The molecule has 0 spiro atoms. The smallest absolute Gasteiger partial charge is 0.332 e. The van der Waals surface area contributed by atoms with E-state index in [2.05, 4.69) is 79.8 Å². The molecule has 0 aliphatic rings. The monoisotopic (exact) mass is 1220 g/mol. The van der Waals surface area contributed by atoms with Crippen molar-refractivity contribution in [3.63, 3.8) is 0 Å². The van der Waals surface area contributed by atoms with E-state index in [-0.39, 0.29) is 60.7 Å². The van der Waals surface area contributed by atoms with Crippen molar-refractivity contribution in [2.75, 3.05) is 44.4 Å². The number of nitrogens with one attached hydrogen (secondary N) is 8. The van der Waals surface area contributed by atoms with Gasteiger partial charge in [0.15, 0.2) is 5.96 Å². The van der Waals surface area contributed by atoms with Crippen LogP contribution in [-0.4, -0.2) is 154 Å². The van der Waals surface area contributed by atoms with Crippen molar-refractivity contribution in [1.29, 1.82) is 0 Å². The van der Waals surface area contributed by atoms with Crippen molar-refractivity contribution >= 4 is 93.4 Å². The summed E-state index contributed by atoms with van der Waals surface area (Å²) in [6, 6.07) is 11.4. The SMILES string of the molecule is CC(C)CC(NC(=O)CNC=O)C(=O)O.CCC(NC(=O)C(CCCN=C(N)N)NC(=O)CNC(=O)C(C)NC(=O)CNC(=O)C(N)C(C)C)C(=O)NC(C)CC(C)C.CCSC.CSc1cccc(S(=O)(=O)F)c1.Cc1ccccc1. The van der Waals surface area contributed by atoms with Crippen molar-refractivity contribution in [1.82, 2.24) is 42.5 Å². The van der Waals surface area contributed by atoms with E-state index in [4.69, 9.17) is 22.3 Å². The molecule has 15 N–H and O–H groups in total. The number of nitrogens with two attached hydrogens (primary N) is 3. The molecule has 0 aliphatic carbocycles. The number of guanidine groups is 1. The van der Waals surface area contributed by atoms with E-state index in [1.807, 2.05) is 64.6 Å². The summed E-state index contributed by atoms with van der Waals surface area (Å²) in [7, 11) is -4.55. The fourth-order valence-corrected chi connectivity index (χ4v) is 7.42. The Morgan fingerprint density at radius 3 is 1.67 bits per heavy atom. The summed E-state index contributed by atoms with van der Waals surface area (Å²) >= 11 is 3.22. The molecule has 0 bridgehead atoms. The largest absolute Gasteiger partial charge is 0.480 e. The lowest BCUT2D eigenvalue weighted by atomic mass is 10.0. The molecule has 2 aromatic carbocycles. The van der Waals surface area contributed by atoms with Crippen molar-refractivity contribution < 1.29 is 60.6 Å². The van der Waals surface area contributed by atoms with Crippen LogP contribution in [0.2, 0.25) is 0 Å². The fraction of sp³-hybridized carbons (Fsp3) is 0.593. The molecular formula is C54H93FN12O12S3. The highest BCUT2D eigenvalue weighted by Gasteiger charge is 2.27. The second kappa shape index (κ2) is 46.0. The van der Waals surface area contributed by atoms with E-state index in [0.717, 1.165) is 11.3 Å². The summed E-state index contributed by atoms with van der Waals surface area (Å²) in [6.07, 6.45) is 6.25. The molecular weight excluding hydrogens is 1120 g/mol. The zero-order valence-electron chi connectivity index (χ0n) is 49.8. The number of hydrogen-bond donors (Lipinski definition) is 12. The highest BCUT2D eigenvalue weighted by Crippen LogP contribution is 2.20. The van der Waals surface area contributed by atoms with Gasteiger partial charge in [-0.25, -0.2) is 4.79 Å². The summed E-state index contributed by atoms with van der Waals surface area (Å²) in [6.45, 7) is 19.8. The summed E-state index contributed by atoms with van der Waals surface area (Å²) in [5.41, 5.74) is 17.8. The predicted octanol–water partition coefficient (Wildman–Crippen LogP) is 2.47. The van der Waals surface area contributed by atoms with Gasteiger partial charge in [-0.15, -0.1) is 15.6 Å². The number of nitrogens with zero attached hydrogens (tertiary/aromatic N) is 1. The number of benzene rings is 2. The maximum absolute atomic E-state index is 13.1. The third kappa shape index (κ3) is 42.3. The van der Waals surface area contributed by atoms with Crippen molar-refractivity contribution in [2.45, 2.75) is 154 Å². The minimum atomic E-state index is -4.55. The molecule has 82 heavy (non-hydrogen) atoms. The molecule has 28 heteroatoms. The average Bonchev–Trinajstić information content (AvgIpc) is 3.40. The number of halogens is 1. The lowest BCUT2D eigenvalue weighted by molar-refractivity contribution is -0.142. The molecule has 2 aromatic rings. The van der Waals surface area contributed by atoms with E-state index in [0.29, 0.717) is 31.6 Å². The van der Waals surface area contributed by atoms with Crippen LogP contribution in [0.5, 0.6) is 0 Å². The van der Waals surface area contributed by atoms with Crippen LogP contribution in [-0.2, 0) is 53.4 Å². The van der Waals surface area contributed by atoms with E-state index >= 15 is 0 Å². The average molecular weight is 1220 g/mol. The van der Waals surface area contributed by atoms with E-state index in [9.17, 15) is 55.5 Å². The molecule has 466 valence electrons. The number of thioether (sulfide) groups is 2. The van der Waals surface area contributed by atoms with Gasteiger partial charge in [0.2, 0.25) is 47.8 Å². The van der Waals surface area contributed by atoms with Gasteiger partial charge >= 0.3 is 16.2 Å². The van der Waals surface area contributed by atoms with Crippen molar-refractivity contribution in [3.8, 4) is 0 Å². The molecule has 8 amide bonds. The van der Waals surface area contributed by atoms with Crippen LogP contribution in [0.1, 0.15) is 107 Å². The first-order chi connectivity index (χ1) is 38.3. The van der Waals surface area contributed by atoms with E-state index in [1.54, 1.807) is 33.1 Å². The van der Waals surface area contributed by atoms with Gasteiger partial charge in [0.1, 0.15) is 24.2 Å². The highest BCUT2D eigenvalue weighted by atomic mass is 32.3. The zero-order chi connectivity index (χ0) is 63.5. The van der Waals surface area contributed by atoms with Crippen LogP contribution >= 0.6 is 23.5 Å². The Kier molecular flexibility index (Phi) is 44.7. The summed E-state index contributed by atoms with van der Waals surface area (Å²) < 4.78 is 33.3. The standard InChI is InChI=1S/C28H54N10O6.C9H16N2O4.C7H7FO2S2.C7H8.C3H8S/c1-8-19(25(42)35-17(6)12-15(2)3)38-26(43)20(10-9-11-32-28(30)31)37-22(40)14-33-24(41)18(7)36-21(39)13-34-27(44)23(29)16(4)5;1-6(2)3-7(9(14)15)11-8(13)4-10-5-12;1-11-6-3-2-4-7(5-6)12(8,9)10;1-7-5-3-2-4-6-7;1-3-4-2/h15-20,23H,8-14,29H2,1-7H3,(H,33,41)(H,34,44)(H,35,42)(H,36,39)(H,37,40)(H,38,43)(H4,30,31,32);5-7H,3-4H2,1-2H3,(H,10,12)(H,11,13)(H,14,15);2-5H,1H3;2-6H,1H3;3H2,1-2H3. The van der Waals surface area contributed by atoms with Crippen LogP contribution in [0.25, 0.3) is 0 Å². The molecule has 2 rings (SSSR count). The van der Waals surface area contributed by atoms with Gasteiger partial charge in [-0.1, -0.05) is 97.4 Å². The first kappa shape index (κ1) is 79.7. The van der Waals surface area contributed by atoms with Gasteiger partial charge in [0.05, 0.1) is 30.6 Å². The number of hydrogen-bond acceptors (Lipinski definition) is 15. The summed E-state index contributed by atoms with van der Waals surface area (Å²) in [5, 5.41) is 28.7. The van der Waals surface area contributed by atoms with Crippen LogP contribution < -0.4 is 59.7 Å². The molecule has 6 atom stereocenters. The van der Waals surface area contributed by atoms with Crippen molar-refractivity contribution in [3.05, 3.63) is 60.2 Å². The Hall–Kier alpha value is -6.52. The molecule has 0 saturated carbocycles. The lowest BCUT2D eigenvalue weighted by Gasteiger charge is -2.24. The van der Waals surface area contributed by atoms with Gasteiger partial charge in [-0.3, -0.25) is 43.3 Å². The first-order valence-corrected chi connectivity index (χ1v) is 30.6. The third-order valence-corrected chi connectivity index (χ3v) is 12.8. The maximum Gasteiger partial charge on any atom is 0.332 e. The van der Waals surface area contributed by atoms with Crippen LogP contribution in [0.3, 0.4) is 0 Å². The number of rotatable bonds is 30. The number of aliphatic imine (C=N–C) groups is 1. The number of carbonyl (C=O) groups is 9. The Morgan fingerprint density at radius 1 is 0.695 bits per heavy atom. The molecule has 0 aliphatic heterocycles. The zero-order valence-corrected chi connectivity index (χ0v) is 52.2. The topological polar surface area (TPSA) is 395 Å². The number of amides is 8. The minimum Gasteiger partial charge on any atom is -0.480 e. The Labute approximate surface area is 493 Å². The Morgan fingerprint density at radius 2 is 1.22 bits per heavy atom. The third-order valence-electron chi connectivity index (χ3n) is 10.7. The fourth-order valence-electron chi connectivity index (χ4n) is 6.38. The quantitative estimate of drug-likeness (QED) is 0.0133. The Bertz CT molecular complexity index is 2370. The Balaban J connectivity index is -0.00000130. The highest BCUT2D eigenvalue weighted by molar-refractivity contribution is 7.98. The first-order valence-electron chi connectivity index (χ1n) is 26.6. The van der Waals surface area contributed by atoms with Gasteiger partial charge in [0, 0.05) is 17.5 Å². The second-order valence-corrected chi connectivity index (χ2v) is 22.9. The predicted molar refractivity (Wildman–Crippen MR) is 322 cm³/mol. The summed E-state index contributed by atoms with van der Waals surface area (Å²) in [4.78, 5) is 111. The van der Waals surface area contributed by atoms with Crippen LogP contribution in [0.15, 0.2) is 69.4 Å². The van der Waals surface area contributed by atoms with E-state index in [1.165, 1.54) is 48.2 Å². The van der Waals surface area contributed by atoms with Gasteiger partial charge in [0.25, 0.3) is 0 Å². The molecule has 6 unspecified atom stereocenters. The van der Waals surface area contributed by atoms with Gasteiger partial charge < -0.3 is 64.8 Å².